The first-order valence-corrected chi connectivity index (χ1v) is 13.0. The van der Waals surface area contributed by atoms with Crippen LogP contribution < -0.4 is 5.32 Å². The van der Waals surface area contributed by atoms with Gasteiger partial charge in [0.25, 0.3) is 0 Å². The van der Waals surface area contributed by atoms with Gasteiger partial charge in [0, 0.05) is 44.7 Å². The van der Waals surface area contributed by atoms with Crippen molar-refractivity contribution in [1.29, 1.82) is 0 Å². The molecule has 0 saturated heterocycles. The van der Waals surface area contributed by atoms with Crippen molar-refractivity contribution < 1.29 is 19.4 Å². The van der Waals surface area contributed by atoms with Crippen molar-refractivity contribution in [2.75, 3.05) is 32.1 Å². The van der Waals surface area contributed by atoms with Crippen LogP contribution in [0.1, 0.15) is 58.7 Å². The highest BCUT2D eigenvalue weighted by Crippen LogP contribution is 2.24. The average molecular weight is 515 g/mol. The van der Waals surface area contributed by atoms with Gasteiger partial charge in [0.05, 0.1) is 37.3 Å². The number of aryl methyl sites for hydroxylation is 1. The van der Waals surface area contributed by atoms with Gasteiger partial charge < -0.3 is 25.0 Å². The molecule has 0 fully saturated rings. The van der Waals surface area contributed by atoms with Crippen LogP contribution in [0, 0.1) is 5.92 Å². The molecule has 2 aromatic rings. The van der Waals surface area contributed by atoms with Crippen LogP contribution in [-0.4, -0.2) is 80.7 Å². The number of carbonyl (C=O) groups excluding carboxylic acids is 2. The summed E-state index contributed by atoms with van der Waals surface area (Å²) in [6, 6.07) is 7.33. The van der Waals surface area contributed by atoms with Crippen LogP contribution in [-0.2, 0) is 28.1 Å². The molecule has 1 aliphatic heterocycles. The number of hydrogen-bond donors (Lipinski definition) is 2. The van der Waals surface area contributed by atoms with Gasteiger partial charge in [-0.25, -0.2) is 9.48 Å². The van der Waals surface area contributed by atoms with Crippen molar-refractivity contribution in [1.82, 2.24) is 24.8 Å². The number of benzene rings is 1. The van der Waals surface area contributed by atoms with Crippen LogP contribution in [0.5, 0.6) is 0 Å². The summed E-state index contributed by atoms with van der Waals surface area (Å²) >= 11 is 0. The summed E-state index contributed by atoms with van der Waals surface area (Å²) < 4.78 is 8.07. The molecule has 3 amide bonds. The first kappa shape index (κ1) is 28.6. The molecule has 1 aromatic heterocycles. The van der Waals surface area contributed by atoms with E-state index in [9.17, 15) is 14.7 Å². The number of amides is 3. The van der Waals surface area contributed by atoms with Gasteiger partial charge in [-0.2, -0.15) is 0 Å². The summed E-state index contributed by atoms with van der Waals surface area (Å²) in [5, 5.41) is 20.8. The zero-order valence-electron chi connectivity index (χ0n) is 23.0. The van der Waals surface area contributed by atoms with Crippen LogP contribution >= 0.6 is 0 Å². The van der Waals surface area contributed by atoms with E-state index in [4.69, 9.17) is 4.74 Å². The minimum absolute atomic E-state index is 0.0146. The molecule has 0 aliphatic carbocycles. The Kier molecular flexibility index (Phi) is 9.67. The van der Waals surface area contributed by atoms with Crippen LogP contribution in [0.2, 0.25) is 0 Å². The molecule has 204 valence electrons. The second-order valence-electron chi connectivity index (χ2n) is 11.1. The maximum atomic E-state index is 13.0. The van der Waals surface area contributed by atoms with Crippen LogP contribution in [0.3, 0.4) is 0 Å². The monoisotopic (exact) mass is 514 g/mol. The van der Waals surface area contributed by atoms with E-state index in [0.29, 0.717) is 39.1 Å². The standard InChI is InChI=1S/C27H42N6O4/c1-19-15-32(20(2)17-34)25(35)8-7-13-33-23(14-28-30-33)18-37-24(19)16-31(6)26(36)29-22-11-9-21(10-12-22)27(3,4)5/h9-12,14,19-20,24,34H,7-8,13,15-18H2,1-6H3,(H,29,36)/t19-,20-,24+/m1/s1. The van der Waals surface area contributed by atoms with Crippen LogP contribution in [0.25, 0.3) is 0 Å². The predicted octanol–water partition coefficient (Wildman–Crippen LogP) is 3.26. The molecular weight excluding hydrogens is 472 g/mol. The van der Waals surface area contributed by atoms with Crippen molar-refractivity contribution >= 4 is 17.6 Å². The van der Waals surface area contributed by atoms with Crippen LogP contribution in [0.15, 0.2) is 30.5 Å². The minimum atomic E-state index is -0.358. The quantitative estimate of drug-likeness (QED) is 0.633. The van der Waals surface area contributed by atoms with Crippen molar-refractivity contribution in [2.45, 2.75) is 78.2 Å². The molecule has 0 spiro atoms. The summed E-state index contributed by atoms with van der Waals surface area (Å²) in [5.41, 5.74) is 2.78. The van der Waals surface area contributed by atoms with Gasteiger partial charge in [0.1, 0.15) is 0 Å². The highest BCUT2D eigenvalue weighted by molar-refractivity contribution is 5.89. The molecule has 0 unspecified atom stereocenters. The van der Waals surface area contributed by atoms with Crippen molar-refractivity contribution in [3.8, 4) is 0 Å². The Morgan fingerprint density at radius 3 is 2.65 bits per heavy atom. The second-order valence-corrected chi connectivity index (χ2v) is 11.1. The lowest BCUT2D eigenvalue weighted by Gasteiger charge is -2.35. The molecular formula is C27H42N6O4. The molecule has 0 radical (unpaired) electrons. The lowest BCUT2D eigenvalue weighted by molar-refractivity contribution is -0.136. The SMILES string of the molecule is C[C@@H]1CN([C@H](C)CO)C(=O)CCCn2nncc2CO[C@H]1CN(C)C(=O)Nc1ccc(C(C)(C)C)cc1. The third-order valence-corrected chi connectivity index (χ3v) is 6.94. The molecule has 3 atom stereocenters. The van der Waals surface area contributed by atoms with Crippen molar-refractivity contribution in [2.24, 2.45) is 5.92 Å². The third kappa shape index (κ3) is 7.75. The number of anilines is 1. The van der Waals surface area contributed by atoms with E-state index >= 15 is 0 Å². The normalized spacial score (nSPS) is 20.4. The fourth-order valence-corrected chi connectivity index (χ4v) is 4.37. The topological polar surface area (TPSA) is 113 Å². The lowest BCUT2D eigenvalue weighted by atomic mass is 9.87. The maximum Gasteiger partial charge on any atom is 0.321 e. The van der Waals surface area contributed by atoms with Gasteiger partial charge in [-0.3, -0.25) is 4.79 Å². The summed E-state index contributed by atoms with van der Waals surface area (Å²) in [7, 11) is 1.73. The summed E-state index contributed by atoms with van der Waals surface area (Å²) in [4.78, 5) is 29.3. The molecule has 10 heteroatoms. The molecule has 10 nitrogen and oxygen atoms in total. The van der Waals surface area contributed by atoms with Gasteiger partial charge in [-0.15, -0.1) is 5.10 Å². The Labute approximate surface area is 220 Å². The van der Waals surface area contributed by atoms with E-state index in [-0.39, 0.29) is 42.0 Å². The van der Waals surface area contributed by atoms with Crippen LogP contribution in [0.4, 0.5) is 10.5 Å². The highest BCUT2D eigenvalue weighted by Gasteiger charge is 2.29. The van der Waals surface area contributed by atoms with E-state index in [1.54, 1.807) is 27.7 Å². The molecule has 0 bridgehead atoms. The fourth-order valence-electron chi connectivity index (χ4n) is 4.37. The molecule has 2 N–H and O–H groups in total. The first-order valence-electron chi connectivity index (χ1n) is 13.0. The Balaban J connectivity index is 1.74. The molecule has 3 rings (SSSR count). The number of aliphatic hydroxyl groups excluding tert-OH is 1. The summed E-state index contributed by atoms with van der Waals surface area (Å²) in [6.07, 6.45) is 2.30. The maximum absolute atomic E-state index is 13.0. The summed E-state index contributed by atoms with van der Waals surface area (Å²) in [6.45, 7) is 11.8. The molecule has 37 heavy (non-hydrogen) atoms. The van der Waals surface area contributed by atoms with Gasteiger partial charge in [-0.1, -0.05) is 45.0 Å². The third-order valence-electron chi connectivity index (χ3n) is 6.94. The number of urea groups is 1. The van der Waals surface area contributed by atoms with E-state index in [0.717, 1.165) is 11.4 Å². The zero-order valence-corrected chi connectivity index (χ0v) is 23.0. The number of carbonyl (C=O) groups is 2. The Morgan fingerprint density at radius 2 is 2.00 bits per heavy atom. The summed E-state index contributed by atoms with van der Waals surface area (Å²) in [5.74, 6) is -0.109. The zero-order chi connectivity index (χ0) is 27.2. The number of aliphatic hydroxyl groups is 1. The molecule has 2 heterocycles. The Morgan fingerprint density at radius 1 is 1.30 bits per heavy atom. The Hall–Kier alpha value is -2.98. The average Bonchev–Trinajstić information content (AvgIpc) is 3.30. The predicted molar refractivity (Wildman–Crippen MR) is 142 cm³/mol. The number of likely N-dealkylation sites (N-methyl/N-ethyl adjacent to an activating group) is 1. The Bertz CT molecular complexity index is 1030. The number of aromatic nitrogens is 3. The van der Waals surface area contributed by atoms with Crippen molar-refractivity contribution in [3.63, 3.8) is 0 Å². The lowest BCUT2D eigenvalue weighted by Crippen LogP contribution is -2.48. The van der Waals surface area contributed by atoms with E-state index in [2.05, 4.69) is 36.4 Å². The largest absolute Gasteiger partial charge is 0.394 e. The van der Waals surface area contributed by atoms with E-state index < -0.39 is 0 Å². The van der Waals surface area contributed by atoms with Gasteiger partial charge in [0.2, 0.25) is 5.91 Å². The molecule has 0 saturated carbocycles. The minimum Gasteiger partial charge on any atom is -0.394 e. The van der Waals surface area contributed by atoms with Crippen molar-refractivity contribution in [3.05, 3.63) is 41.7 Å². The van der Waals surface area contributed by atoms with Gasteiger partial charge in [0.15, 0.2) is 0 Å². The molecule has 1 aliphatic rings. The number of nitrogens with zero attached hydrogens (tertiary/aromatic N) is 5. The van der Waals surface area contributed by atoms with Gasteiger partial charge in [-0.05, 0) is 36.5 Å². The number of ether oxygens (including phenoxy) is 1. The first-order chi connectivity index (χ1) is 17.5. The fraction of sp³-hybridized carbons (Fsp3) is 0.630. The smallest absolute Gasteiger partial charge is 0.321 e. The number of nitrogens with one attached hydrogen (secondary N) is 1. The number of fused-ring (bicyclic) bond motifs is 1. The second kappa shape index (κ2) is 12.5. The van der Waals surface area contributed by atoms with E-state index in [1.807, 2.05) is 38.1 Å². The van der Waals surface area contributed by atoms with Gasteiger partial charge >= 0.3 is 6.03 Å². The number of hydrogen-bond acceptors (Lipinski definition) is 6. The number of rotatable bonds is 5. The van der Waals surface area contributed by atoms with E-state index in [1.165, 1.54) is 5.56 Å². The highest BCUT2D eigenvalue weighted by atomic mass is 16.5. The molecule has 1 aromatic carbocycles.